The van der Waals surface area contributed by atoms with E-state index in [1.807, 2.05) is 0 Å². The first kappa shape index (κ1) is 24.0. The zero-order valence-corrected chi connectivity index (χ0v) is 18.7. The Morgan fingerprint density at radius 1 is 1.16 bits per heavy atom. The standard InChI is InChI=1S/C21H24F3N3O4S/c1-13-11-17(26-19(29)25-13)18(28)27-9-7-14(8-10-27)20(2,3)32(30,31)16-6-4-5-15(12-16)21(22,23)24/h4-6,11-12,14H,7-10H2,1-3H3,(H,25,26,29). The summed E-state index contributed by atoms with van der Waals surface area (Å²) in [6.45, 7) is 5.14. The molecule has 0 spiro atoms. The topological polar surface area (TPSA) is 100 Å². The predicted molar refractivity (Wildman–Crippen MR) is 111 cm³/mol. The Balaban J connectivity index is 1.78. The summed E-state index contributed by atoms with van der Waals surface area (Å²) in [4.78, 5) is 31.5. The third kappa shape index (κ3) is 4.57. The summed E-state index contributed by atoms with van der Waals surface area (Å²) in [7, 11) is -4.08. The molecule has 174 valence electrons. The van der Waals surface area contributed by atoms with E-state index in [9.17, 15) is 31.2 Å². The number of H-pyrrole nitrogens is 1. The van der Waals surface area contributed by atoms with Crippen molar-refractivity contribution in [1.82, 2.24) is 14.9 Å². The second-order valence-electron chi connectivity index (χ2n) is 8.45. The first-order chi connectivity index (χ1) is 14.7. The number of aromatic amines is 1. The molecular weight excluding hydrogens is 447 g/mol. The summed E-state index contributed by atoms with van der Waals surface area (Å²) in [5.41, 5.74) is -1.14. The fourth-order valence-corrected chi connectivity index (χ4v) is 5.81. The molecule has 1 amide bonds. The van der Waals surface area contributed by atoms with Gasteiger partial charge in [0.1, 0.15) is 5.69 Å². The number of carbonyl (C=O) groups is 1. The van der Waals surface area contributed by atoms with Gasteiger partial charge in [-0.05, 0) is 63.8 Å². The Bertz CT molecular complexity index is 1180. The van der Waals surface area contributed by atoms with Crippen LogP contribution >= 0.6 is 0 Å². The van der Waals surface area contributed by atoms with Crippen molar-refractivity contribution in [2.75, 3.05) is 13.1 Å². The van der Waals surface area contributed by atoms with Gasteiger partial charge in [-0.1, -0.05) is 6.07 Å². The van der Waals surface area contributed by atoms with Gasteiger partial charge < -0.3 is 9.88 Å². The monoisotopic (exact) mass is 471 g/mol. The molecule has 0 atom stereocenters. The van der Waals surface area contributed by atoms with Crippen molar-refractivity contribution >= 4 is 15.7 Å². The Morgan fingerprint density at radius 3 is 2.34 bits per heavy atom. The number of carbonyl (C=O) groups excluding carboxylic acids is 1. The van der Waals surface area contributed by atoms with Crippen molar-refractivity contribution in [1.29, 1.82) is 0 Å². The van der Waals surface area contributed by atoms with Crippen molar-refractivity contribution < 1.29 is 26.4 Å². The van der Waals surface area contributed by atoms with Gasteiger partial charge in [0.25, 0.3) is 5.91 Å². The third-order valence-electron chi connectivity index (χ3n) is 6.03. The van der Waals surface area contributed by atoms with Crippen LogP contribution in [0.4, 0.5) is 13.2 Å². The number of hydrogen-bond acceptors (Lipinski definition) is 5. The summed E-state index contributed by atoms with van der Waals surface area (Å²) in [5, 5.41) is 0. The summed E-state index contributed by atoms with van der Waals surface area (Å²) in [6.07, 6.45) is -3.95. The van der Waals surface area contributed by atoms with Crippen molar-refractivity contribution in [2.45, 2.75) is 49.4 Å². The van der Waals surface area contributed by atoms with E-state index >= 15 is 0 Å². The van der Waals surface area contributed by atoms with Crippen LogP contribution in [-0.4, -0.2) is 47.0 Å². The van der Waals surface area contributed by atoms with E-state index < -0.39 is 37.9 Å². The average molecular weight is 472 g/mol. The van der Waals surface area contributed by atoms with Crippen LogP contribution in [0.5, 0.6) is 0 Å². The number of halogens is 3. The normalized spacial score (nSPS) is 16.2. The van der Waals surface area contributed by atoms with E-state index in [2.05, 4.69) is 9.97 Å². The van der Waals surface area contributed by atoms with Crippen LogP contribution in [0.3, 0.4) is 0 Å². The molecule has 1 aromatic heterocycles. The fraction of sp³-hybridized carbons (Fsp3) is 0.476. The van der Waals surface area contributed by atoms with Crippen LogP contribution < -0.4 is 5.69 Å². The minimum Gasteiger partial charge on any atom is -0.337 e. The fourth-order valence-electron chi connectivity index (χ4n) is 3.99. The Kier molecular flexibility index (Phi) is 6.25. The average Bonchev–Trinajstić information content (AvgIpc) is 2.72. The van der Waals surface area contributed by atoms with Crippen molar-refractivity contribution in [3.8, 4) is 0 Å². The molecule has 1 N–H and O–H groups in total. The van der Waals surface area contributed by atoms with Crippen molar-refractivity contribution in [3.63, 3.8) is 0 Å². The lowest BCUT2D eigenvalue weighted by molar-refractivity contribution is -0.137. The van der Waals surface area contributed by atoms with Gasteiger partial charge in [-0.15, -0.1) is 0 Å². The van der Waals surface area contributed by atoms with Gasteiger partial charge >= 0.3 is 11.9 Å². The first-order valence-corrected chi connectivity index (χ1v) is 11.5. The maximum atomic E-state index is 13.2. The van der Waals surface area contributed by atoms with Crippen LogP contribution in [0.2, 0.25) is 0 Å². The van der Waals surface area contributed by atoms with E-state index in [1.54, 1.807) is 6.92 Å². The van der Waals surface area contributed by atoms with Crippen LogP contribution in [0.25, 0.3) is 0 Å². The number of alkyl halides is 3. The number of aryl methyl sites for hydroxylation is 1. The smallest absolute Gasteiger partial charge is 0.337 e. The molecule has 2 aromatic rings. The molecule has 7 nitrogen and oxygen atoms in total. The molecule has 0 bridgehead atoms. The van der Waals surface area contributed by atoms with E-state index in [0.717, 1.165) is 12.1 Å². The molecule has 32 heavy (non-hydrogen) atoms. The SMILES string of the molecule is Cc1cc(C(=O)N2CCC(C(C)(C)S(=O)(=O)c3cccc(C(F)(F)F)c3)CC2)nc(=O)[nH]1. The molecule has 0 saturated carbocycles. The maximum absolute atomic E-state index is 13.2. The number of sulfone groups is 1. The number of benzene rings is 1. The van der Waals surface area contributed by atoms with Gasteiger partial charge in [0.15, 0.2) is 9.84 Å². The molecule has 2 heterocycles. The van der Waals surface area contributed by atoms with Gasteiger partial charge in [-0.25, -0.2) is 13.2 Å². The summed E-state index contributed by atoms with van der Waals surface area (Å²) < 4.78 is 64.3. The summed E-state index contributed by atoms with van der Waals surface area (Å²) >= 11 is 0. The van der Waals surface area contributed by atoms with Gasteiger partial charge in [0.05, 0.1) is 15.2 Å². The first-order valence-electron chi connectivity index (χ1n) is 10.0. The van der Waals surface area contributed by atoms with Crippen LogP contribution in [0.15, 0.2) is 40.0 Å². The van der Waals surface area contributed by atoms with Crippen LogP contribution in [-0.2, 0) is 16.0 Å². The van der Waals surface area contributed by atoms with Crippen molar-refractivity contribution in [3.05, 3.63) is 57.8 Å². The number of aromatic nitrogens is 2. The van der Waals surface area contributed by atoms with Gasteiger partial charge in [0.2, 0.25) is 0 Å². The van der Waals surface area contributed by atoms with E-state index in [-0.39, 0.29) is 29.6 Å². The zero-order chi connectivity index (χ0) is 23.9. The molecule has 1 aromatic carbocycles. The summed E-state index contributed by atoms with van der Waals surface area (Å²) in [6, 6.07) is 5.23. The number of likely N-dealkylation sites (tertiary alicyclic amines) is 1. The van der Waals surface area contributed by atoms with Gasteiger partial charge in [0, 0.05) is 18.8 Å². The second kappa shape index (κ2) is 8.34. The van der Waals surface area contributed by atoms with E-state index in [1.165, 1.54) is 30.9 Å². The molecule has 0 radical (unpaired) electrons. The molecule has 11 heteroatoms. The minimum atomic E-state index is -4.65. The molecule has 1 aliphatic heterocycles. The highest BCUT2D eigenvalue weighted by Crippen LogP contribution is 2.39. The number of piperidine rings is 1. The van der Waals surface area contributed by atoms with Gasteiger partial charge in [-0.2, -0.15) is 18.2 Å². The van der Waals surface area contributed by atoms with E-state index in [4.69, 9.17) is 0 Å². The molecule has 1 saturated heterocycles. The van der Waals surface area contributed by atoms with Crippen molar-refractivity contribution in [2.24, 2.45) is 5.92 Å². The van der Waals surface area contributed by atoms with Crippen LogP contribution in [0.1, 0.15) is 48.4 Å². The lowest BCUT2D eigenvalue weighted by atomic mass is 9.85. The number of nitrogens with zero attached hydrogens (tertiary/aromatic N) is 2. The quantitative estimate of drug-likeness (QED) is 0.738. The zero-order valence-electron chi connectivity index (χ0n) is 17.9. The van der Waals surface area contributed by atoms with Crippen LogP contribution in [0, 0.1) is 12.8 Å². The Morgan fingerprint density at radius 2 is 1.78 bits per heavy atom. The third-order valence-corrected chi connectivity index (χ3v) is 8.62. The molecule has 1 aliphatic rings. The largest absolute Gasteiger partial charge is 0.416 e. The Hall–Kier alpha value is -2.69. The molecular formula is C21H24F3N3O4S. The predicted octanol–water partition coefficient (Wildman–Crippen LogP) is 3.20. The number of amides is 1. The Labute approximate surface area is 183 Å². The number of rotatable bonds is 4. The molecule has 1 fully saturated rings. The second-order valence-corrected chi connectivity index (χ2v) is 11.0. The lowest BCUT2D eigenvalue weighted by Crippen LogP contribution is -2.48. The van der Waals surface area contributed by atoms with E-state index in [0.29, 0.717) is 24.6 Å². The number of hydrogen-bond donors (Lipinski definition) is 1. The highest BCUT2D eigenvalue weighted by Gasteiger charge is 2.45. The molecule has 3 rings (SSSR count). The highest BCUT2D eigenvalue weighted by molar-refractivity contribution is 7.92. The lowest BCUT2D eigenvalue weighted by Gasteiger charge is -2.40. The number of nitrogens with one attached hydrogen (secondary N) is 1. The molecule has 0 aliphatic carbocycles. The summed E-state index contributed by atoms with van der Waals surface area (Å²) in [5.74, 6) is -0.795. The maximum Gasteiger partial charge on any atom is 0.416 e. The molecule has 0 unspecified atom stereocenters. The highest BCUT2D eigenvalue weighted by atomic mass is 32.2. The minimum absolute atomic E-state index is 0.0144. The van der Waals surface area contributed by atoms with Gasteiger partial charge in [-0.3, -0.25) is 4.79 Å².